The van der Waals surface area contributed by atoms with Crippen LogP contribution in [-0.2, 0) is 6.42 Å². The Morgan fingerprint density at radius 1 is 1.11 bits per heavy atom. The molecule has 1 aliphatic heterocycles. The van der Waals surface area contributed by atoms with Crippen molar-refractivity contribution in [3.63, 3.8) is 0 Å². The minimum absolute atomic E-state index is 0. The summed E-state index contributed by atoms with van der Waals surface area (Å²) < 4.78 is 2.03. The zero-order valence-electron chi connectivity index (χ0n) is 16.9. The molecule has 2 aromatic heterocycles. The highest BCUT2D eigenvalue weighted by Gasteiger charge is 2.08. The van der Waals surface area contributed by atoms with Gasteiger partial charge in [-0.15, -0.1) is 34.2 Å². The van der Waals surface area contributed by atoms with Gasteiger partial charge in [-0.05, 0) is 58.0 Å². The molecule has 0 atom stereocenters. The van der Waals surface area contributed by atoms with Crippen LogP contribution in [0.4, 0.5) is 0 Å². The molecule has 2 N–H and O–H groups in total. The Balaban J connectivity index is 0.00000280. The molecule has 0 aromatic carbocycles. The predicted octanol–water partition coefficient (Wildman–Crippen LogP) is 2.71. The second-order valence-electron chi connectivity index (χ2n) is 7.09. The normalized spacial score (nSPS) is 15.8. The van der Waals surface area contributed by atoms with Crippen molar-refractivity contribution in [3.05, 3.63) is 30.2 Å². The van der Waals surface area contributed by atoms with Crippen molar-refractivity contribution >= 4 is 35.6 Å². The number of pyridine rings is 1. The fourth-order valence-electron chi connectivity index (χ4n) is 3.54. The number of likely N-dealkylation sites (tertiary alicyclic amines) is 1. The highest BCUT2D eigenvalue weighted by Crippen LogP contribution is 2.09. The molecule has 2 aromatic rings. The van der Waals surface area contributed by atoms with E-state index in [2.05, 4.69) is 32.7 Å². The van der Waals surface area contributed by atoms with E-state index < -0.39 is 0 Å². The summed E-state index contributed by atoms with van der Waals surface area (Å²) in [7, 11) is 0. The summed E-state index contributed by atoms with van der Waals surface area (Å²) in [6, 6.07) is 5.95. The predicted molar refractivity (Wildman–Crippen MR) is 126 cm³/mol. The molecule has 0 amide bonds. The summed E-state index contributed by atoms with van der Waals surface area (Å²) in [5, 5.41) is 15.2. The maximum atomic E-state index is 4.73. The second kappa shape index (κ2) is 12.9. The Morgan fingerprint density at radius 3 is 2.71 bits per heavy atom. The van der Waals surface area contributed by atoms with Crippen molar-refractivity contribution in [2.24, 2.45) is 4.99 Å². The largest absolute Gasteiger partial charge is 0.357 e. The van der Waals surface area contributed by atoms with Gasteiger partial charge in [-0.2, -0.15) is 0 Å². The van der Waals surface area contributed by atoms with Gasteiger partial charge in [0.25, 0.3) is 0 Å². The third-order valence-electron chi connectivity index (χ3n) is 4.97. The Morgan fingerprint density at radius 2 is 1.93 bits per heavy atom. The standard InChI is InChI=1S/C20H33N7.HI/c1-2-21-20(22-12-9-16-26-14-6-3-4-7-15-26)23-13-11-19-25-24-18-10-5-8-17-27(18)19;/h5,8,10,17H,2-4,6-7,9,11-16H2,1H3,(H2,21,22,23);1H. The number of guanidine groups is 1. The molecule has 28 heavy (non-hydrogen) atoms. The third-order valence-corrected chi connectivity index (χ3v) is 4.97. The Hall–Kier alpha value is -1.42. The van der Waals surface area contributed by atoms with Crippen LogP contribution in [0.2, 0.25) is 0 Å². The summed E-state index contributed by atoms with van der Waals surface area (Å²) in [5.74, 6) is 1.86. The van der Waals surface area contributed by atoms with Crippen molar-refractivity contribution in [3.8, 4) is 0 Å². The summed E-state index contributed by atoms with van der Waals surface area (Å²) in [5.41, 5.74) is 0.890. The van der Waals surface area contributed by atoms with Gasteiger partial charge in [0.15, 0.2) is 11.6 Å². The number of halogens is 1. The molecular weight excluding hydrogens is 465 g/mol. The van der Waals surface area contributed by atoms with Crippen molar-refractivity contribution in [1.29, 1.82) is 0 Å². The van der Waals surface area contributed by atoms with Crippen molar-refractivity contribution in [2.45, 2.75) is 45.4 Å². The highest BCUT2D eigenvalue weighted by molar-refractivity contribution is 14.0. The van der Waals surface area contributed by atoms with Gasteiger partial charge in [0.05, 0.1) is 0 Å². The number of hydrogen-bond donors (Lipinski definition) is 2. The summed E-state index contributed by atoms with van der Waals surface area (Å²) in [4.78, 5) is 7.32. The van der Waals surface area contributed by atoms with E-state index in [1.54, 1.807) is 0 Å². The van der Waals surface area contributed by atoms with E-state index in [1.165, 1.54) is 38.8 Å². The van der Waals surface area contributed by atoms with Crippen LogP contribution in [0.25, 0.3) is 5.65 Å². The van der Waals surface area contributed by atoms with Crippen molar-refractivity contribution < 1.29 is 0 Å². The number of rotatable bonds is 8. The van der Waals surface area contributed by atoms with E-state index in [9.17, 15) is 0 Å². The lowest BCUT2D eigenvalue weighted by Crippen LogP contribution is -2.38. The maximum absolute atomic E-state index is 4.73. The molecule has 3 rings (SSSR count). The van der Waals surface area contributed by atoms with Gasteiger partial charge in [0.1, 0.15) is 5.82 Å². The van der Waals surface area contributed by atoms with Crippen LogP contribution in [0.15, 0.2) is 29.4 Å². The van der Waals surface area contributed by atoms with E-state index in [1.807, 2.05) is 28.8 Å². The maximum Gasteiger partial charge on any atom is 0.191 e. The SMILES string of the molecule is CCNC(=NCCCN1CCCCCC1)NCCc1nnc2ccccn12.I. The van der Waals surface area contributed by atoms with Crippen LogP contribution in [0, 0.1) is 0 Å². The molecular formula is C20H34IN7. The Bertz CT molecular complexity index is 707. The number of aliphatic imine (C=N–C) groups is 1. The first-order valence-electron chi connectivity index (χ1n) is 10.4. The smallest absolute Gasteiger partial charge is 0.191 e. The van der Waals surface area contributed by atoms with Gasteiger partial charge in [-0.25, -0.2) is 0 Å². The minimum Gasteiger partial charge on any atom is -0.357 e. The molecule has 7 nitrogen and oxygen atoms in total. The van der Waals surface area contributed by atoms with E-state index in [-0.39, 0.29) is 24.0 Å². The summed E-state index contributed by atoms with van der Waals surface area (Å²) in [6.07, 6.45) is 9.42. The Labute approximate surface area is 185 Å². The van der Waals surface area contributed by atoms with Crippen LogP contribution in [-0.4, -0.2) is 64.7 Å². The summed E-state index contributed by atoms with van der Waals surface area (Å²) in [6.45, 7) is 8.29. The molecule has 1 fully saturated rings. The first kappa shape index (κ1) is 22.9. The first-order chi connectivity index (χ1) is 13.4. The molecule has 8 heteroatoms. The molecule has 0 spiro atoms. The molecule has 3 heterocycles. The Kier molecular flexibility index (Phi) is 10.6. The topological polar surface area (TPSA) is 69.8 Å². The molecule has 0 radical (unpaired) electrons. The lowest BCUT2D eigenvalue weighted by atomic mass is 10.2. The van der Waals surface area contributed by atoms with Crippen LogP contribution >= 0.6 is 24.0 Å². The zero-order chi connectivity index (χ0) is 18.7. The molecule has 1 saturated heterocycles. The minimum atomic E-state index is 0. The molecule has 1 aliphatic rings. The van der Waals surface area contributed by atoms with Crippen molar-refractivity contribution in [2.75, 3.05) is 39.3 Å². The fraction of sp³-hybridized carbons (Fsp3) is 0.650. The van der Waals surface area contributed by atoms with Gasteiger partial charge in [0, 0.05) is 32.3 Å². The molecule has 0 unspecified atom stereocenters. The number of fused-ring (bicyclic) bond motifs is 1. The van der Waals surface area contributed by atoms with Crippen LogP contribution in [0.5, 0.6) is 0 Å². The molecule has 156 valence electrons. The summed E-state index contributed by atoms with van der Waals surface area (Å²) >= 11 is 0. The van der Waals surface area contributed by atoms with Crippen LogP contribution in [0.1, 0.15) is 44.9 Å². The van der Waals surface area contributed by atoms with Crippen molar-refractivity contribution in [1.82, 2.24) is 30.1 Å². The lowest BCUT2D eigenvalue weighted by Gasteiger charge is -2.19. The van der Waals surface area contributed by atoms with Gasteiger partial charge in [-0.1, -0.05) is 18.9 Å². The average Bonchev–Trinajstić information content (AvgIpc) is 2.92. The third kappa shape index (κ3) is 7.20. The van der Waals surface area contributed by atoms with E-state index in [0.717, 1.165) is 56.5 Å². The molecule has 0 saturated carbocycles. The number of nitrogens with zero attached hydrogens (tertiary/aromatic N) is 5. The van der Waals surface area contributed by atoms with E-state index in [4.69, 9.17) is 4.99 Å². The molecule has 0 bridgehead atoms. The quantitative estimate of drug-likeness (QED) is 0.253. The van der Waals surface area contributed by atoms with Crippen LogP contribution in [0.3, 0.4) is 0 Å². The number of aromatic nitrogens is 3. The van der Waals surface area contributed by atoms with E-state index >= 15 is 0 Å². The van der Waals surface area contributed by atoms with Crippen LogP contribution < -0.4 is 10.6 Å². The van der Waals surface area contributed by atoms with Gasteiger partial charge >= 0.3 is 0 Å². The second-order valence-corrected chi connectivity index (χ2v) is 7.09. The van der Waals surface area contributed by atoms with Gasteiger partial charge in [-0.3, -0.25) is 9.39 Å². The first-order valence-corrected chi connectivity index (χ1v) is 10.4. The number of hydrogen-bond acceptors (Lipinski definition) is 4. The zero-order valence-corrected chi connectivity index (χ0v) is 19.3. The van der Waals surface area contributed by atoms with Gasteiger partial charge < -0.3 is 15.5 Å². The molecule has 0 aliphatic carbocycles. The van der Waals surface area contributed by atoms with E-state index in [0.29, 0.717) is 0 Å². The number of nitrogens with one attached hydrogen (secondary N) is 2. The van der Waals surface area contributed by atoms with Gasteiger partial charge in [0.2, 0.25) is 0 Å². The lowest BCUT2D eigenvalue weighted by molar-refractivity contribution is 0.283. The highest BCUT2D eigenvalue weighted by atomic mass is 127. The monoisotopic (exact) mass is 499 g/mol. The average molecular weight is 499 g/mol. The fourth-order valence-corrected chi connectivity index (χ4v) is 3.54.